The van der Waals surface area contributed by atoms with Gasteiger partial charge in [0.15, 0.2) is 0 Å². The molecule has 0 unspecified atom stereocenters. The molecule has 0 aliphatic heterocycles. The van der Waals surface area contributed by atoms with Crippen molar-refractivity contribution < 1.29 is 14.7 Å². The van der Waals surface area contributed by atoms with Gasteiger partial charge >= 0.3 is 6.09 Å². The number of unbranched alkanes of at least 4 members (excludes halogenated alkanes) is 1. The number of nitrogens with one attached hydrogen (secondary N) is 2. The molecule has 2 saturated carbocycles. The number of hydrogen-bond acceptors (Lipinski definition) is 7. The van der Waals surface area contributed by atoms with Crippen LogP contribution in [0.1, 0.15) is 57.1 Å². The molecule has 2 aliphatic carbocycles. The molecule has 0 spiro atoms. The molecule has 2 fully saturated rings. The van der Waals surface area contributed by atoms with E-state index in [9.17, 15) is 14.7 Å². The van der Waals surface area contributed by atoms with Crippen molar-refractivity contribution in [3.8, 4) is 11.3 Å². The summed E-state index contributed by atoms with van der Waals surface area (Å²) in [6.45, 7) is 0.921. The van der Waals surface area contributed by atoms with Crippen LogP contribution in [0.2, 0.25) is 5.02 Å². The highest BCUT2D eigenvalue weighted by Crippen LogP contribution is 2.37. The van der Waals surface area contributed by atoms with Gasteiger partial charge in [-0.3, -0.25) is 14.4 Å². The molecule has 0 radical (unpaired) electrons. The molecule has 2 aromatic rings. The summed E-state index contributed by atoms with van der Waals surface area (Å²) in [5, 5.41) is 20.8. The van der Waals surface area contributed by atoms with E-state index in [4.69, 9.17) is 22.3 Å². The predicted molar refractivity (Wildman–Crippen MR) is 141 cm³/mol. The van der Waals surface area contributed by atoms with E-state index in [-0.39, 0.29) is 24.5 Å². The van der Waals surface area contributed by atoms with Crippen LogP contribution in [0.4, 0.5) is 10.7 Å². The minimum absolute atomic E-state index is 0.103. The third kappa shape index (κ3) is 7.32. The number of carboxylic acid groups (broad SMARTS) is 1. The van der Waals surface area contributed by atoms with Crippen molar-refractivity contribution in [2.75, 3.05) is 25.0 Å². The standard InChI is InChI=1S/C25H37ClN8O3/c1-33-21(12-16-4-5-16)19(13-30-33)23-20(26)14-29-24(32-23)31-17-6-8-18(9-7-17)34(25(36)37)15-22(35)28-11-3-2-10-27/h13-14,16-18H,2-12,15,27H2,1H3,(H,28,35)(H,36,37)(H,29,31,32)/t17-,18-. The van der Waals surface area contributed by atoms with E-state index in [1.54, 1.807) is 6.20 Å². The summed E-state index contributed by atoms with van der Waals surface area (Å²) < 4.78 is 1.90. The Balaban J connectivity index is 1.34. The number of rotatable bonds is 12. The Morgan fingerprint density at radius 3 is 2.62 bits per heavy atom. The second-order valence-electron chi connectivity index (χ2n) is 10.1. The van der Waals surface area contributed by atoms with Gasteiger partial charge in [0.05, 0.1) is 23.1 Å². The molecule has 0 atom stereocenters. The van der Waals surface area contributed by atoms with Gasteiger partial charge in [0.2, 0.25) is 11.9 Å². The first-order chi connectivity index (χ1) is 17.9. The Morgan fingerprint density at radius 1 is 1.19 bits per heavy atom. The number of anilines is 1. The number of nitrogens with two attached hydrogens (primary N) is 1. The average molecular weight is 533 g/mol. The normalized spacial score (nSPS) is 19.4. The minimum atomic E-state index is -1.07. The van der Waals surface area contributed by atoms with E-state index in [0.717, 1.165) is 43.4 Å². The van der Waals surface area contributed by atoms with Crippen LogP contribution < -0.4 is 16.4 Å². The van der Waals surface area contributed by atoms with E-state index >= 15 is 0 Å². The van der Waals surface area contributed by atoms with Crippen molar-refractivity contribution >= 4 is 29.5 Å². The van der Waals surface area contributed by atoms with Crippen LogP contribution in [-0.2, 0) is 18.3 Å². The van der Waals surface area contributed by atoms with E-state index in [2.05, 4.69) is 20.7 Å². The monoisotopic (exact) mass is 532 g/mol. The van der Waals surface area contributed by atoms with Crippen LogP contribution in [0.3, 0.4) is 0 Å². The van der Waals surface area contributed by atoms with Crippen LogP contribution in [-0.4, -0.2) is 73.5 Å². The minimum Gasteiger partial charge on any atom is -0.465 e. The van der Waals surface area contributed by atoms with E-state index in [0.29, 0.717) is 48.5 Å². The maximum atomic E-state index is 12.2. The number of carbonyl (C=O) groups is 2. The van der Waals surface area contributed by atoms with Gasteiger partial charge in [0.25, 0.3) is 0 Å². The lowest BCUT2D eigenvalue weighted by Gasteiger charge is -2.35. The topological polar surface area (TPSA) is 151 Å². The van der Waals surface area contributed by atoms with Crippen LogP contribution in [0.25, 0.3) is 11.3 Å². The molecule has 5 N–H and O–H groups in total. The largest absolute Gasteiger partial charge is 0.465 e. The van der Waals surface area contributed by atoms with Gasteiger partial charge in [-0.2, -0.15) is 5.10 Å². The summed E-state index contributed by atoms with van der Waals surface area (Å²) >= 11 is 6.49. The first-order valence-corrected chi connectivity index (χ1v) is 13.5. The maximum Gasteiger partial charge on any atom is 0.408 e. The lowest BCUT2D eigenvalue weighted by molar-refractivity contribution is -0.122. The molecular weight excluding hydrogens is 496 g/mol. The highest BCUT2D eigenvalue weighted by molar-refractivity contribution is 6.32. The molecule has 2 heterocycles. The van der Waals surface area contributed by atoms with E-state index in [1.807, 2.05) is 17.9 Å². The van der Waals surface area contributed by atoms with Gasteiger partial charge in [0, 0.05) is 36.9 Å². The lowest BCUT2D eigenvalue weighted by Crippen LogP contribution is -2.48. The fraction of sp³-hybridized carbons (Fsp3) is 0.640. The van der Waals surface area contributed by atoms with Gasteiger partial charge < -0.3 is 21.5 Å². The summed E-state index contributed by atoms with van der Waals surface area (Å²) in [6, 6.07) is -0.0988. The fourth-order valence-corrected chi connectivity index (χ4v) is 5.09. The Kier molecular flexibility index (Phi) is 9.20. The van der Waals surface area contributed by atoms with Crippen LogP contribution in [0.5, 0.6) is 0 Å². The third-order valence-electron chi connectivity index (χ3n) is 7.22. The molecule has 202 valence electrons. The smallest absolute Gasteiger partial charge is 0.408 e. The highest BCUT2D eigenvalue weighted by atomic mass is 35.5. The number of halogens is 1. The summed E-state index contributed by atoms with van der Waals surface area (Å²) in [5.74, 6) is 0.921. The molecule has 37 heavy (non-hydrogen) atoms. The van der Waals surface area contributed by atoms with Crippen molar-refractivity contribution in [2.24, 2.45) is 18.7 Å². The van der Waals surface area contributed by atoms with Gasteiger partial charge in [0.1, 0.15) is 6.54 Å². The van der Waals surface area contributed by atoms with Crippen molar-refractivity contribution in [1.29, 1.82) is 0 Å². The van der Waals surface area contributed by atoms with E-state index in [1.165, 1.54) is 17.7 Å². The van der Waals surface area contributed by atoms with Crippen LogP contribution in [0, 0.1) is 5.92 Å². The zero-order valence-electron chi connectivity index (χ0n) is 21.3. The molecule has 0 saturated heterocycles. The van der Waals surface area contributed by atoms with E-state index < -0.39 is 6.09 Å². The van der Waals surface area contributed by atoms with Crippen molar-refractivity contribution in [3.63, 3.8) is 0 Å². The molecule has 12 heteroatoms. The van der Waals surface area contributed by atoms with Gasteiger partial charge in [-0.1, -0.05) is 11.6 Å². The quantitative estimate of drug-likeness (QED) is 0.304. The first kappa shape index (κ1) is 27.1. The van der Waals surface area contributed by atoms with Crippen molar-refractivity contribution in [2.45, 2.75) is 69.9 Å². The van der Waals surface area contributed by atoms with Crippen LogP contribution in [0.15, 0.2) is 12.4 Å². The molecule has 0 aromatic carbocycles. The summed E-state index contributed by atoms with van der Waals surface area (Å²) in [5.41, 5.74) is 8.21. The number of amides is 2. The number of nitrogens with zero attached hydrogens (tertiary/aromatic N) is 5. The van der Waals surface area contributed by atoms with Crippen LogP contribution >= 0.6 is 11.6 Å². The van der Waals surface area contributed by atoms with Gasteiger partial charge in [-0.25, -0.2) is 14.8 Å². The highest BCUT2D eigenvalue weighted by Gasteiger charge is 2.31. The maximum absolute atomic E-state index is 12.2. The summed E-state index contributed by atoms with van der Waals surface area (Å²) in [7, 11) is 1.94. The molecule has 11 nitrogen and oxygen atoms in total. The SMILES string of the molecule is Cn1ncc(-c2nc(N[C@H]3CC[C@H](N(CC(=O)NCCCCN)C(=O)O)CC3)ncc2Cl)c1CC1CC1. The Morgan fingerprint density at radius 2 is 1.95 bits per heavy atom. The Bertz CT molecular complexity index is 1080. The Hall–Kier alpha value is -2.92. The molecular formula is C25H37ClN8O3. The van der Waals surface area contributed by atoms with Gasteiger partial charge in [-0.05, 0) is 70.3 Å². The number of carbonyl (C=O) groups excluding carboxylic acids is 1. The predicted octanol–water partition coefficient (Wildman–Crippen LogP) is 3.04. The first-order valence-electron chi connectivity index (χ1n) is 13.1. The molecule has 0 bridgehead atoms. The third-order valence-corrected chi connectivity index (χ3v) is 7.50. The lowest BCUT2D eigenvalue weighted by atomic mass is 9.90. The molecule has 2 aliphatic rings. The second-order valence-corrected chi connectivity index (χ2v) is 10.5. The van der Waals surface area contributed by atoms with Gasteiger partial charge in [-0.15, -0.1) is 0 Å². The molecule has 2 aromatic heterocycles. The summed E-state index contributed by atoms with van der Waals surface area (Å²) in [6.07, 6.45) is 10.2. The number of aryl methyl sites for hydroxylation is 1. The molecule has 4 rings (SSSR count). The number of aromatic nitrogens is 4. The average Bonchev–Trinajstić information content (AvgIpc) is 3.63. The van der Waals surface area contributed by atoms with Crippen molar-refractivity contribution in [1.82, 2.24) is 30.0 Å². The van der Waals surface area contributed by atoms with Crippen molar-refractivity contribution in [3.05, 3.63) is 23.1 Å². The Labute approximate surface area is 222 Å². The summed E-state index contributed by atoms with van der Waals surface area (Å²) in [4.78, 5) is 34.5. The zero-order chi connectivity index (χ0) is 26.4. The number of hydrogen-bond donors (Lipinski definition) is 4. The zero-order valence-corrected chi connectivity index (χ0v) is 22.1. The second kappa shape index (κ2) is 12.6. The molecule has 2 amide bonds. The fourth-order valence-electron chi connectivity index (χ4n) is 4.90.